The standard InChI is InChI=1S/C11H22N2O/c1-10(2)13(7-4-5-8-13)9-6-12-11(3)14/h10H,4-9H2,1-3H3/p+1. The minimum atomic E-state index is 0.0890. The average molecular weight is 199 g/mol. The highest BCUT2D eigenvalue weighted by Crippen LogP contribution is 2.22. The number of nitrogens with one attached hydrogen (secondary N) is 1. The van der Waals surface area contributed by atoms with E-state index in [1.807, 2.05) is 0 Å². The third-order valence-electron chi connectivity index (χ3n) is 3.48. The van der Waals surface area contributed by atoms with E-state index in [0.717, 1.165) is 13.1 Å². The molecule has 82 valence electrons. The molecule has 0 atom stereocenters. The molecule has 0 bridgehead atoms. The van der Waals surface area contributed by atoms with Gasteiger partial charge < -0.3 is 9.80 Å². The first-order valence-electron chi connectivity index (χ1n) is 5.67. The Kier molecular flexibility index (Phi) is 3.93. The second-order valence-corrected chi connectivity index (χ2v) is 4.67. The van der Waals surface area contributed by atoms with Crippen molar-refractivity contribution in [3.63, 3.8) is 0 Å². The number of hydrogen-bond acceptors (Lipinski definition) is 1. The summed E-state index contributed by atoms with van der Waals surface area (Å²) in [6.07, 6.45) is 2.69. The van der Waals surface area contributed by atoms with Crippen LogP contribution in [0.15, 0.2) is 0 Å². The van der Waals surface area contributed by atoms with Gasteiger partial charge in [-0.25, -0.2) is 0 Å². The molecule has 1 rings (SSSR count). The lowest BCUT2D eigenvalue weighted by Gasteiger charge is -2.38. The fourth-order valence-corrected chi connectivity index (χ4v) is 2.42. The summed E-state index contributed by atoms with van der Waals surface area (Å²) in [6.45, 7) is 10.7. The predicted octanol–water partition coefficient (Wildman–Crippen LogP) is 1.14. The third-order valence-corrected chi connectivity index (χ3v) is 3.48. The van der Waals surface area contributed by atoms with Crippen LogP contribution < -0.4 is 5.32 Å². The zero-order valence-corrected chi connectivity index (χ0v) is 9.68. The van der Waals surface area contributed by atoms with E-state index in [9.17, 15) is 4.79 Å². The van der Waals surface area contributed by atoms with Crippen LogP contribution in [0.1, 0.15) is 33.6 Å². The summed E-state index contributed by atoms with van der Waals surface area (Å²) in [6, 6.07) is 0.686. The molecule has 0 aliphatic carbocycles. The highest BCUT2D eigenvalue weighted by atomic mass is 16.1. The van der Waals surface area contributed by atoms with Crippen LogP contribution in [-0.2, 0) is 4.79 Å². The van der Waals surface area contributed by atoms with Gasteiger partial charge in [0.1, 0.15) is 0 Å². The minimum Gasteiger partial charge on any atom is -0.351 e. The number of amides is 1. The molecule has 0 spiro atoms. The summed E-state index contributed by atoms with van der Waals surface area (Å²) in [4.78, 5) is 10.8. The van der Waals surface area contributed by atoms with E-state index < -0.39 is 0 Å². The Morgan fingerprint density at radius 2 is 1.93 bits per heavy atom. The molecule has 0 aromatic rings. The van der Waals surface area contributed by atoms with E-state index >= 15 is 0 Å². The van der Waals surface area contributed by atoms with Crippen molar-refractivity contribution in [3.05, 3.63) is 0 Å². The molecule has 0 aromatic carbocycles. The second kappa shape index (κ2) is 4.78. The van der Waals surface area contributed by atoms with Gasteiger partial charge in [0.05, 0.1) is 32.2 Å². The number of carbonyl (C=O) groups is 1. The van der Waals surface area contributed by atoms with Crippen molar-refractivity contribution >= 4 is 5.91 Å². The van der Waals surface area contributed by atoms with E-state index in [-0.39, 0.29) is 5.91 Å². The smallest absolute Gasteiger partial charge is 0.217 e. The molecule has 1 N–H and O–H groups in total. The maximum Gasteiger partial charge on any atom is 0.217 e. The fourth-order valence-electron chi connectivity index (χ4n) is 2.42. The Morgan fingerprint density at radius 1 is 1.36 bits per heavy atom. The molecule has 3 heteroatoms. The van der Waals surface area contributed by atoms with Crippen molar-refractivity contribution in [2.75, 3.05) is 26.2 Å². The fraction of sp³-hybridized carbons (Fsp3) is 0.909. The highest BCUT2D eigenvalue weighted by molar-refractivity contribution is 5.72. The van der Waals surface area contributed by atoms with Crippen LogP contribution >= 0.6 is 0 Å². The first-order chi connectivity index (χ1) is 6.57. The third kappa shape index (κ3) is 2.71. The van der Waals surface area contributed by atoms with Gasteiger partial charge in [-0.15, -0.1) is 0 Å². The number of carbonyl (C=O) groups excluding carboxylic acids is 1. The highest BCUT2D eigenvalue weighted by Gasteiger charge is 2.34. The summed E-state index contributed by atoms with van der Waals surface area (Å²) in [5.41, 5.74) is 0. The van der Waals surface area contributed by atoms with Crippen molar-refractivity contribution in [1.82, 2.24) is 5.32 Å². The molecule has 1 aliphatic rings. The van der Waals surface area contributed by atoms with E-state index in [1.165, 1.54) is 30.4 Å². The molecule has 1 fully saturated rings. The van der Waals surface area contributed by atoms with Gasteiger partial charge in [0.25, 0.3) is 0 Å². The van der Waals surface area contributed by atoms with Crippen LogP contribution in [0.2, 0.25) is 0 Å². The molecular formula is C11H23N2O+. The molecule has 1 amide bonds. The molecular weight excluding hydrogens is 176 g/mol. The van der Waals surface area contributed by atoms with Crippen LogP contribution in [0.4, 0.5) is 0 Å². The van der Waals surface area contributed by atoms with Crippen LogP contribution in [0, 0.1) is 0 Å². The lowest BCUT2D eigenvalue weighted by molar-refractivity contribution is -0.935. The van der Waals surface area contributed by atoms with Crippen LogP contribution in [0.3, 0.4) is 0 Å². The quantitative estimate of drug-likeness (QED) is 0.676. The minimum absolute atomic E-state index is 0.0890. The maximum absolute atomic E-state index is 10.8. The van der Waals surface area contributed by atoms with E-state index in [0.29, 0.717) is 6.04 Å². The Hall–Kier alpha value is -0.570. The van der Waals surface area contributed by atoms with E-state index in [4.69, 9.17) is 0 Å². The van der Waals surface area contributed by atoms with Gasteiger partial charge in [-0.1, -0.05) is 0 Å². The topological polar surface area (TPSA) is 29.1 Å². The van der Waals surface area contributed by atoms with Gasteiger partial charge in [-0.05, 0) is 13.8 Å². The number of hydrogen-bond donors (Lipinski definition) is 1. The Bertz CT molecular complexity index is 195. The van der Waals surface area contributed by atoms with Gasteiger partial charge >= 0.3 is 0 Å². The maximum atomic E-state index is 10.8. The van der Waals surface area contributed by atoms with E-state index in [2.05, 4.69) is 19.2 Å². The number of rotatable bonds is 4. The summed E-state index contributed by atoms with van der Waals surface area (Å²) in [7, 11) is 0. The number of likely N-dealkylation sites (tertiary alicyclic amines) is 1. The van der Waals surface area contributed by atoms with E-state index in [1.54, 1.807) is 6.92 Å². The first-order valence-corrected chi connectivity index (χ1v) is 5.67. The predicted molar refractivity (Wildman–Crippen MR) is 57.9 cm³/mol. The van der Waals surface area contributed by atoms with Crippen LogP contribution in [0.25, 0.3) is 0 Å². The molecule has 1 heterocycles. The largest absolute Gasteiger partial charge is 0.351 e. The zero-order chi connectivity index (χ0) is 10.6. The lowest BCUT2D eigenvalue weighted by Crippen LogP contribution is -2.54. The Labute approximate surface area is 87.1 Å². The van der Waals surface area contributed by atoms with Crippen LogP contribution in [0.5, 0.6) is 0 Å². The number of nitrogens with zero attached hydrogens (tertiary/aromatic N) is 1. The number of quaternary nitrogens is 1. The molecule has 0 radical (unpaired) electrons. The van der Waals surface area contributed by atoms with Gasteiger partial charge in [0, 0.05) is 19.8 Å². The Morgan fingerprint density at radius 3 is 2.36 bits per heavy atom. The SMILES string of the molecule is CC(=O)NCC[N+]1(C(C)C)CCCC1. The molecule has 14 heavy (non-hydrogen) atoms. The van der Waals surface area contributed by atoms with Gasteiger partial charge in [0.15, 0.2) is 0 Å². The van der Waals surface area contributed by atoms with Crippen molar-refractivity contribution in [1.29, 1.82) is 0 Å². The summed E-state index contributed by atoms with van der Waals surface area (Å²) < 4.78 is 1.19. The average Bonchev–Trinajstić information content (AvgIpc) is 2.53. The van der Waals surface area contributed by atoms with Crippen molar-refractivity contribution < 1.29 is 9.28 Å². The normalized spacial score (nSPS) is 20.0. The van der Waals surface area contributed by atoms with Crippen molar-refractivity contribution in [2.45, 2.75) is 39.7 Å². The summed E-state index contributed by atoms with van der Waals surface area (Å²) >= 11 is 0. The zero-order valence-electron chi connectivity index (χ0n) is 9.68. The molecule has 0 unspecified atom stereocenters. The first kappa shape index (κ1) is 11.5. The molecule has 0 saturated carbocycles. The van der Waals surface area contributed by atoms with Crippen molar-refractivity contribution in [2.24, 2.45) is 0 Å². The van der Waals surface area contributed by atoms with Gasteiger partial charge in [-0.3, -0.25) is 4.79 Å². The molecule has 0 aromatic heterocycles. The second-order valence-electron chi connectivity index (χ2n) is 4.67. The van der Waals surface area contributed by atoms with Crippen LogP contribution in [-0.4, -0.2) is 42.6 Å². The molecule has 1 saturated heterocycles. The molecule has 3 nitrogen and oxygen atoms in total. The monoisotopic (exact) mass is 199 g/mol. The Balaban J connectivity index is 2.40. The van der Waals surface area contributed by atoms with Gasteiger partial charge in [-0.2, -0.15) is 0 Å². The van der Waals surface area contributed by atoms with Crippen molar-refractivity contribution in [3.8, 4) is 0 Å². The summed E-state index contributed by atoms with van der Waals surface area (Å²) in [5.74, 6) is 0.0890. The lowest BCUT2D eigenvalue weighted by atomic mass is 10.2. The summed E-state index contributed by atoms with van der Waals surface area (Å²) in [5, 5.41) is 2.90. The molecule has 1 aliphatic heterocycles. The van der Waals surface area contributed by atoms with Gasteiger partial charge in [0.2, 0.25) is 5.91 Å².